The lowest BCUT2D eigenvalue weighted by atomic mass is 9.84. The number of methoxy groups -OCH3 is 1. The zero-order valence-electron chi connectivity index (χ0n) is 12.5. The molecule has 1 heterocycles. The zero-order chi connectivity index (χ0) is 16.8. The Morgan fingerprint density at radius 2 is 2.09 bits per heavy atom. The molecule has 128 valence electrons. The number of hydrogen-bond acceptors (Lipinski definition) is 7. The predicted octanol–water partition coefficient (Wildman–Crippen LogP) is -1.37. The van der Waals surface area contributed by atoms with Gasteiger partial charge in [0.25, 0.3) is 0 Å². The van der Waals surface area contributed by atoms with E-state index in [4.69, 9.17) is 19.3 Å². The molecule has 0 spiro atoms. The number of rotatable bonds is 11. The predicted molar refractivity (Wildman–Crippen MR) is 75.0 cm³/mol. The number of carbonyl (C=O) groups excluding carboxylic acids is 1. The lowest BCUT2D eigenvalue weighted by molar-refractivity contribution is -0.156. The molecule has 0 saturated carbocycles. The van der Waals surface area contributed by atoms with Crippen LogP contribution in [0, 0.1) is 5.92 Å². The van der Waals surface area contributed by atoms with Gasteiger partial charge in [-0.1, -0.05) is 0 Å². The van der Waals surface area contributed by atoms with Gasteiger partial charge in [0.15, 0.2) is 0 Å². The SMILES string of the molecule is COCCOCOC(CS(C)(=O)=O)C1C(=O)NC1CC(=O)O. The van der Waals surface area contributed by atoms with Crippen molar-refractivity contribution in [3.63, 3.8) is 0 Å². The van der Waals surface area contributed by atoms with Gasteiger partial charge in [-0.15, -0.1) is 0 Å². The van der Waals surface area contributed by atoms with Crippen LogP contribution in [0.25, 0.3) is 0 Å². The van der Waals surface area contributed by atoms with Gasteiger partial charge in [-0.2, -0.15) is 0 Å². The van der Waals surface area contributed by atoms with Crippen molar-refractivity contribution in [2.45, 2.75) is 18.6 Å². The molecule has 1 saturated heterocycles. The maximum Gasteiger partial charge on any atom is 0.305 e. The summed E-state index contributed by atoms with van der Waals surface area (Å²) >= 11 is 0. The number of ether oxygens (including phenoxy) is 3. The highest BCUT2D eigenvalue weighted by Crippen LogP contribution is 2.25. The third kappa shape index (κ3) is 6.26. The Bertz CT molecular complexity index is 491. The van der Waals surface area contributed by atoms with Gasteiger partial charge >= 0.3 is 5.97 Å². The van der Waals surface area contributed by atoms with E-state index in [1.807, 2.05) is 0 Å². The van der Waals surface area contributed by atoms with E-state index in [1.54, 1.807) is 0 Å². The van der Waals surface area contributed by atoms with Crippen LogP contribution in [-0.4, -0.2) is 76.7 Å². The van der Waals surface area contributed by atoms with Crippen LogP contribution in [0.3, 0.4) is 0 Å². The molecule has 1 aliphatic heterocycles. The van der Waals surface area contributed by atoms with Crippen LogP contribution in [0.5, 0.6) is 0 Å². The fourth-order valence-corrected chi connectivity index (χ4v) is 3.04. The second-order valence-corrected chi connectivity index (χ2v) is 7.24. The van der Waals surface area contributed by atoms with Gasteiger partial charge in [0.05, 0.1) is 43.5 Å². The van der Waals surface area contributed by atoms with Gasteiger partial charge in [0, 0.05) is 13.4 Å². The Hall–Kier alpha value is -1.23. The van der Waals surface area contributed by atoms with E-state index >= 15 is 0 Å². The van der Waals surface area contributed by atoms with Crippen LogP contribution in [-0.2, 0) is 33.6 Å². The molecule has 0 aromatic carbocycles. The normalized spacial score (nSPS) is 22.7. The minimum atomic E-state index is -3.40. The van der Waals surface area contributed by atoms with Crippen LogP contribution in [0.15, 0.2) is 0 Å². The first-order valence-electron chi connectivity index (χ1n) is 6.62. The molecule has 9 nitrogen and oxygen atoms in total. The van der Waals surface area contributed by atoms with Crippen molar-refractivity contribution in [2.75, 3.05) is 39.1 Å². The average Bonchev–Trinajstić information content (AvgIpc) is 2.35. The summed E-state index contributed by atoms with van der Waals surface area (Å²) < 4.78 is 38.2. The second kappa shape index (κ2) is 8.42. The molecule has 3 atom stereocenters. The Labute approximate surface area is 128 Å². The maximum atomic E-state index is 11.6. The molecule has 1 fully saturated rings. The smallest absolute Gasteiger partial charge is 0.305 e. The Morgan fingerprint density at radius 1 is 1.41 bits per heavy atom. The molecular formula is C12H21NO8S. The molecular weight excluding hydrogens is 318 g/mol. The standard InChI is InChI=1S/C12H21NO8S/c1-19-3-4-20-7-21-9(6-22(2,17)18)11-8(5-10(14)15)13-12(11)16/h8-9,11H,3-7H2,1-2H3,(H,13,16)(H,14,15). The van der Waals surface area contributed by atoms with Crippen molar-refractivity contribution in [3.8, 4) is 0 Å². The lowest BCUT2D eigenvalue weighted by Gasteiger charge is -2.40. The van der Waals surface area contributed by atoms with Crippen LogP contribution < -0.4 is 5.32 Å². The minimum Gasteiger partial charge on any atom is -0.481 e. The highest BCUT2D eigenvalue weighted by atomic mass is 32.2. The second-order valence-electron chi connectivity index (χ2n) is 5.06. The van der Waals surface area contributed by atoms with E-state index in [-0.39, 0.29) is 25.6 Å². The van der Waals surface area contributed by atoms with Gasteiger partial charge in [-0.05, 0) is 0 Å². The molecule has 1 amide bonds. The van der Waals surface area contributed by atoms with Gasteiger partial charge in [0.2, 0.25) is 5.91 Å². The van der Waals surface area contributed by atoms with E-state index in [0.29, 0.717) is 6.61 Å². The third-order valence-electron chi connectivity index (χ3n) is 3.12. The Kier molecular flexibility index (Phi) is 7.20. The monoisotopic (exact) mass is 339 g/mol. The summed E-state index contributed by atoms with van der Waals surface area (Å²) in [6, 6.07) is -0.643. The van der Waals surface area contributed by atoms with Crippen molar-refractivity contribution in [1.29, 1.82) is 0 Å². The average molecular weight is 339 g/mol. The van der Waals surface area contributed by atoms with E-state index in [0.717, 1.165) is 6.26 Å². The van der Waals surface area contributed by atoms with Gasteiger partial charge in [-0.3, -0.25) is 9.59 Å². The van der Waals surface area contributed by atoms with Crippen LogP contribution in [0.1, 0.15) is 6.42 Å². The fraction of sp³-hybridized carbons (Fsp3) is 0.833. The number of aliphatic carboxylic acids is 1. The Balaban J connectivity index is 2.63. The summed E-state index contributed by atoms with van der Waals surface area (Å²) in [6.07, 6.45) is -0.210. The summed E-state index contributed by atoms with van der Waals surface area (Å²) in [5.74, 6) is -2.70. The molecule has 10 heteroatoms. The number of carbonyl (C=O) groups is 2. The zero-order valence-corrected chi connectivity index (χ0v) is 13.3. The number of carboxylic acids is 1. The minimum absolute atomic E-state index is 0.201. The first-order valence-corrected chi connectivity index (χ1v) is 8.69. The Morgan fingerprint density at radius 3 is 2.59 bits per heavy atom. The van der Waals surface area contributed by atoms with Crippen molar-refractivity contribution in [1.82, 2.24) is 5.32 Å². The van der Waals surface area contributed by atoms with Crippen molar-refractivity contribution in [2.24, 2.45) is 5.92 Å². The largest absolute Gasteiger partial charge is 0.481 e. The number of sulfone groups is 1. The molecule has 0 radical (unpaired) electrons. The van der Waals surface area contributed by atoms with Crippen molar-refractivity contribution in [3.05, 3.63) is 0 Å². The summed E-state index contributed by atoms with van der Waals surface area (Å²) in [5.41, 5.74) is 0. The first kappa shape index (κ1) is 18.8. The molecule has 3 unspecified atom stereocenters. The highest BCUT2D eigenvalue weighted by molar-refractivity contribution is 7.90. The molecule has 0 aromatic rings. The molecule has 2 N–H and O–H groups in total. The summed E-state index contributed by atoms with van der Waals surface area (Å²) in [4.78, 5) is 22.4. The molecule has 0 bridgehead atoms. The van der Waals surface area contributed by atoms with Crippen molar-refractivity contribution < 1.29 is 37.3 Å². The van der Waals surface area contributed by atoms with E-state index in [9.17, 15) is 18.0 Å². The number of β-lactam (4-membered cyclic amide) rings is 1. The lowest BCUT2D eigenvalue weighted by Crippen LogP contribution is -2.64. The van der Waals surface area contributed by atoms with Crippen molar-refractivity contribution >= 4 is 21.7 Å². The number of carboxylic acid groups (broad SMARTS) is 1. The summed E-state index contributed by atoms with van der Waals surface area (Å²) in [5, 5.41) is 11.2. The quantitative estimate of drug-likeness (QED) is 0.268. The number of amides is 1. The molecule has 1 rings (SSSR count). The van der Waals surface area contributed by atoms with Crippen LogP contribution in [0.4, 0.5) is 0 Å². The fourth-order valence-electron chi connectivity index (χ4n) is 2.14. The summed E-state index contributed by atoms with van der Waals surface area (Å²) in [6.45, 7) is 0.413. The summed E-state index contributed by atoms with van der Waals surface area (Å²) in [7, 11) is -1.89. The van der Waals surface area contributed by atoms with Gasteiger partial charge in [0.1, 0.15) is 16.6 Å². The molecule has 0 aromatic heterocycles. The highest BCUT2D eigenvalue weighted by Gasteiger charge is 2.47. The third-order valence-corrected chi connectivity index (χ3v) is 4.06. The van der Waals surface area contributed by atoms with Gasteiger partial charge in [-0.25, -0.2) is 8.42 Å². The molecule has 22 heavy (non-hydrogen) atoms. The van der Waals surface area contributed by atoms with Crippen LogP contribution in [0.2, 0.25) is 0 Å². The number of nitrogens with one attached hydrogen (secondary N) is 1. The van der Waals surface area contributed by atoms with Crippen LogP contribution >= 0.6 is 0 Å². The van der Waals surface area contributed by atoms with Gasteiger partial charge < -0.3 is 24.6 Å². The molecule has 0 aliphatic carbocycles. The molecule has 1 aliphatic rings. The van der Waals surface area contributed by atoms with E-state index in [1.165, 1.54) is 7.11 Å². The topological polar surface area (TPSA) is 128 Å². The van der Waals surface area contributed by atoms with E-state index < -0.39 is 39.8 Å². The first-order chi connectivity index (χ1) is 10.2. The maximum absolute atomic E-state index is 11.6. The number of hydrogen-bond donors (Lipinski definition) is 2. The van der Waals surface area contributed by atoms with E-state index in [2.05, 4.69) is 5.32 Å².